The molecule has 0 spiro atoms. The Balaban J connectivity index is 1.98. The Morgan fingerprint density at radius 1 is 0.857 bits per heavy atom. The van der Waals surface area contributed by atoms with Gasteiger partial charge in [0, 0.05) is 37.3 Å². The van der Waals surface area contributed by atoms with Gasteiger partial charge in [0.1, 0.15) is 18.7 Å². The Hall–Kier alpha value is -5.28. The van der Waals surface area contributed by atoms with Crippen molar-refractivity contribution in [2.24, 2.45) is 17.6 Å². The van der Waals surface area contributed by atoms with E-state index in [4.69, 9.17) is 10.5 Å². The Labute approximate surface area is 284 Å². The van der Waals surface area contributed by atoms with E-state index in [2.05, 4.69) is 21.3 Å². The lowest BCUT2D eigenvalue weighted by Gasteiger charge is -2.23. The standard InChI is InChI=1S/C33H46N6O10/c1-20(2)21(3)32(47)49-19-22-10-12-23(13-11-22)36-30(45)24(8-7-16-35-33(34)48)38-31(46)25(18-29(43)44)37-26(40)9-5-4-6-17-39-27(41)14-15-28(39)42/h10-15,20-21,24-25H,4-9,16-19H2,1-3H3,(H,36,45)(H,37,40)(H,38,46)(H,43,44)(H3,34,35,48)/t21?,24-,25-/m0/s1. The van der Waals surface area contributed by atoms with E-state index in [9.17, 15) is 43.5 Å². The minimum Gasteiger partial charge on any atom is -0.481 e. The molecule has 0 aliphatic carbocycles. The van der Waals surface area contributed by atoms with Crippen LogP contribution >= 0.6 is 0 Å². The van der Waals surface area contributed by atoms with E-state index in [-0.39, 0.29) is 56.8 Å². The van der Waals surface area contributed by atoms with Crippen LogP contribution in [-0.2, 0) is 44.9 Å². The SMILES string of the molecule is CC(C)C(C)C(=O)OCc1ccc(NC(=O)[C@H](CCCNC(N)=O)NC(=O)[C@H](CC(=O)O)NC(=O)CCCCCN2C(=O)C=CC2=O)cc1. The van der Waals surface area contributed by atoms with E-state index in [0.29, 0.717) is 30.5 Å². The van der Waals surface area contributed by atoms with Crippen molar-refractivity contribution >= 4 is 53.2 Å². The van der Waals surface area contributed by atoms with Crippen molar-refractivity contribution < 1.29 is 48.2 Å². The molecule has 0 bridgehead atoms. The number of esters is 1. The summed E-state index contributed by atoms with van der Waals surface area (Å²) in [6, 6.07) is 3.06. The Morgan fingerprint density at radius 2 is 1.51 bits per heavy atom. The predicted molar refractivity (Wildman–Crippen MR) is 176 cm³/mol. The van der Waals surface area contributed by atoms with Crippen LogP contribution in [0.1, 0.15) is 71.3 Å². The predicted octanol–water partition coefficient (Wildman–Crippen LogP) is 1.34. The number of urea groups is 1. The number of aliphatic carboxylic acids is 1. The van der Waals surface area contributed by atoms with Crippen LogP contribution in [0, 0.1) is 11.8 Å². The summed E-state index contributed by atoms with van der Waals surface area (Å²) in [6.45, 7) is 5.98. The van der Waals surface area contributed by atoms with Gasteiger partial charge < -0.3 is 36.8 Å². The fourth-order valence-electron chi connectivity index (χ4n) is 4.56. The quantitative estimate of drug-likeness (QED) is 0.0616. The van der Waals surface area contributed by atoms with E-state index in [1.54, 1.807) is 31.2 Å². The second-order valence-corrected chi connectivity index (χ2v) is 12.0. The lowest BCUT2D eigenvalue weighted by molar-refractivity contribution is -0.150. The number of hydrogen-bond donors (Lipinski definition) is 6. The van der Waals surface area contributed by atoms with Crippen LogP contribution in [0.4, 0.5) is 10.5 Å². The Kier molecular flexibility index (Phi) is 16.4. The molecule has 1 aromatic rings. The number of hydrogen-bond acceptors (Lipinski definition) is 9. The first-order valence-electron chi connectivity index (χ1n) is 16.1. The number of benzene rings is 1. The summed E-state index contributed by atoms with van der Waals surface area (Å²) in [5, 5.41) is 19.4. The third-order valence-corrected chi connectivity index (χ3v) is 7.79. The van der Waals surface area contributed by atoms with Gasteiger partial charge in [0.15, 0.2) is 0 Å². The molecule has 0 saturated heterocycles. The molecule has 1 aliphatic rings. The molecule has 1 aromatic carbocycles. The minimum atomic E-state index is -1.49. The van der Waals surface area contributed by atoms with Gasteiger partial charge in [-0.3, -0.25) is 38.5 Å². The molecule has 3 atom stereocenters. The number of nitrogens with two attached hydrogens (primary N) is 1. The Morgan fingerprint density at radius 3 is 2.10 bits per heavy atom. The first-order valence-corrected chi connectivity index (χ1v) is 16.1. The van der Waals surface area contributed by atoms with Crippen molar-refractivity contribution in [2.75, 3.05) is 18.4 Å². The van der Waals surface area contributed by atoms with Crippen LogP contribution in [0.3, 0.4) is 0 Å². The van der Waals surface area contributed by atoms with Gasteiger partial charge in [-0.05, 0) is 49.3 Å². The van der Waals surface area contributed by atoms with Crippen molar-refractivity contribution in [2.45, 2.75) is 84.4 Å². The number of carbonyl (C=O) groups excluding carboxylic acids is 7. The number of carbonyl (C=O) groups is 8. The summed E-state index contributed by atoms with van der Waals surface area (Å²) in [4.78, 5) is 98.2. The van der Waals surface area contributed by atoms with Gasteiger partial charge in [0.25, 0.3) is 11.8 Å². The summed E-state index contributed by atoms with van der Waals surface area (Å²) in [5.41, 5.74) is 6.16. The largest absolute Gasteiger partial charge is 0.481 e. The first-order chi connectivity index (χ1) is 23.2. The molecule has 0 saturated carbocycles. The summed E-state index contributed by atoms with van der Waals surface area (Å²) >= 11 is 0. The lowest BCUT2D eigenvalue weighted by atomic mass is 9.99. The monoisotopic (exact) mass is 686 g/mol. The number of ether oxygens (including phenoxy) is 1. The van der Waals surface area contributed by atoms with E-state index in [0.717, 1.165) is 4.90 Å². The van der Waals surface area contributed by atoms with Crippen molar-refractivity contribution in [3.8, 4) is 0 Å². The molecule has 1 heterocycles. The summed E-state index contributed by atoms with van der Waals surface area (Å²) in [7, 11) is 0. The fourth-order valence-corrected chi connectivity index (χ4v) is 4.56. The molecular weight excluding hydrogens is 640 g/mol. The number of carboxylic acids is 1. The van der Waals surface area contributed by atoms with Gasteiger partial charge in [-0.2, -0.15) is 0 Å². The number of anilines is 1. The highest BCUT2D eigenvalue weighted by Crippen LogP contribution is 2.16. The molecule has 1 unspecified atom stereocenters. The molecule has 7 amide bonds. The van der Waals surface area contributed by atoms with Gasteiger partial charge in [-0.1, -0.05) is 39.3 Å². The molecule has 7 N–H and O–H groups in total. The zero-order valence-corrected chi connectivity index (χ0v) is 28.0. The van der Waals surface area contributed by atoms with E-state index in [1.807, 2.05) is 13.8 Å². The zero-order chi connectivity index (χ0) is 36.5. The molecule has 0 aromatic heterocycles. The maximum Gasteiger partial charge on any atom is 0.312 e. The zero-order valence-electron chi connectivity index (χ0n) is 28.0. The molecule has 0 radical (unpaired) electrons. The number of carboxylic acid groups (broad SMARTS) is 1. The van der Waals surface area contributed by atoms with Gasteiger partial charge in [0.05, 0.1) is 12.3 Å². The van der Waals surface area contributed by atoms with E-state index in [1.165, 1.54) is 12.2 Å². The highest BCUT2D eigenvalue weighted by atomic mass is 16.5. The van der Waals surface area contributed by atoms with Crippen LogP contribution in [-0.4, -0.2) is 82.7 Å². The van der Waals surface area contributed by atoms with Crippen LogP contribution in [0.2, 0.25) is 0 Å². The van der Waals surface area contributed by atoms with Crippen molar-refractivity contribution in [1.29, 1.82) is 0 Å². The molecule has 49 heavy (non-hydrogen) atoms. The molecule has 1 aliphatic heterocycles. The summed E-state index contributed by atoms with van der Waals surface area (Å²) < 4.78 is 5.35. The average Bonchev–Trinajstić information content (AvgIpc) is 3.36. The average molecular weight is 687 g/mol. The normalized spacial score (nSPS) is 14.2. The van der Waals surface area contributed by atoms with E-state index < -0.39 is 60.0 Å². The molecule has 2 rings (SSSR count). The maximum absolute atomic E-state index is 13.3. The lowest BCUT2D eigenvalue weighted by Crippen LogP contribution is -2.53. The number of imide groups is 1. The van der Waals surface area contributed by atoms with Crippen molar-refractivity contribution in [3.05, 3.63) is 42.0 Å². The number of nitrogens with one attached hydrogen (secondary N) is 4. The van der Waals surface area contributed by atoms with Crippen LogP contribution in [0.15, 0.2) is 36.4 Å². The Bertz CT molecular complexity index is 1380. The molecule has 268 valence electrons. The third-order valence-electron chi connectivity index (χ3n) is 7.79. The van der Waals surface area contributed by atoms with Gasteiger partial charge in [-0.15, -0.1) is 0 Å². The van der Waals surface area contributed by atoms with Gasteiger partial charge >= 0.3 is 18.0 Å². The molecule has 0 fully saturated rings. The van der Waals surface area contributed by atoms with E-state index >= 15 is 0 Å². The first kappa shape index (κ1) is 39.9. The molecule has 16 nitrogen and oxygen atoms in total. The topological polar surface area (TPSA) is 243 Å². The van der Waals surface area contributed by atoms with Crippen LogP contribution in [0.25, 0.3) is 0 Å². The second kappa shape index (κ2) is 20.2. The van der Waals surface area contributed by atoms with Crippen molar-refractivity contribution in [3.63, 3.8) is 0 Å². The highest BCUT2D eigenvalue weighted by molar-refractivity contribution is 6.12. The highest BCUT2D eigenvalue weighted by Gasteiger charge is 2.29. The van der Waals surface area contributed by atoms with Crippen LogP contribution in [0.5, 0.6) is 0 Å². The summed E-state index contributed by atoms with van der Waals surface area (Å²) in [6.07, 6.45) is 3.14. The number of unbranched alkanes of at least 4 members (excludes halogenated alkanes) is 2. The number of amides is 7. The van der Waals surface area contributed by atoms with Crippen molar-refractivity contribution in [1.82, 2.24) is 20.9 Å². The van der Waals surface area contributed by atoms with Gasteiger partial charge in [-0.25, -0.2) is 4.79 Å². The number of primary amides is 1. The number of rotatable bonds is 21. The fraction of sp³-hybridized carbons (Fsp3) is 0.515. The van der Waals surface area contributed by atoms with Crippen LogP contribution < -0.4 is 27.0 Å². The second-order valence-electron chi connectivity index (χ2n) is 12.0. The summed E-state index contributed by atoms with van der Waals surface area (Å²) in [5.74, 6) is -4.73. The maximum atomic E-state index is 13.3. The number of nitrogens with zero attached hydrogens (tertiary/aromatic N) is 1. The molecule has 16 heteroatoms. The smallest absolute Gasteiger partial charge is 0.312 e. The third kappa shape index (κ3) is 14.6. The van der Waals surface area contributed by atoms with Gasteiger partial charge in [0.2, 0.25) is 17.7 Å². The minimum absolute atomic E-state index is 0.0329. The molecular formula is C33H46N6O10.